The summed E-state index contributed by atoms with van der Waals surface area (Å²) in [5, 5.41) is 3.76. The summed E-state index contributed by atoms with van der Waals surface area (Å²) in [6, 6.07) is 14.9. The summed E-state index contributed by atoms with van der Waals surface area (Å²) >= 11 is 0. The van der Waals surface area contributed by atoms with Gasteiger partial charge in [-0.15, -0.1) is 0 Å². The fourth-order valence-corrected chi connectivity index (χ4v) is 7.86. The molecule has 6 nitrogen and oxygen atoms in total. The van der Waals surface area contributed by atoms with Crippen LogP contribution < -0.4 is 10.2 Å². The van der Waals surface area contributed by atoms with E-state index in [9.17, 15) is 9.59 Å². The molecule has 1 N–H and O–H groups in total. The molecule has 4 fully saturated rings. The van der Waals surface area contributed by atoms with E-state index < -0.39 is 5.41 Å². The smallest absolute Gasteiger partial charge is 0.146 e. The number of anilines is 1. The van der Waals surface area contributed by atoms with Crippen LogP contribution in [0.3, 0.4) is 0 Å². The monoisotopic (exact) mass is 515 g/mol. The third kappa shape index (κ3) is 4.71. The molecule has 1 aromatic carbocycles. The van der Waals surface area contributed by atoms with Gasteiger partial charge in [0.15, 0.2) is 0 Å². The molecule has 3 heterocycles. The van der Waals surface area contributed by atoms with Gasteiger partial charge in [0.2, 0.25) is 0 Å². The zero-order valence-corrected chi connectivity index (χ0v) is 22.6. The Kier molecular flexibility index (Phi) is 7.12. The Morgan fingerprint density at radius 3 is 2.37 bits per heavy atom. The summed E-state index contributed by atoms with van der Waals surface area (Å²) in [5.74, 6) is 0.345. The zero-order chi connectivity index (χ0) is 26.1. The minimum atomic E-state index is -0.691. The lowest BCUT2D eigenvalue weighted by Gasteiger charge is -2.46. The van der Waals surface area contributed by atoms with E-state index in [-0.39, 0.29) is 22.6 Å². The number of rotatable bonds is 7. The second kappa shape index (κ2) is 10.5. The van der Waals surface area contributed by atoms with Crippen LogP contribution in [0.2, 0.25) is 0 Å². The molecule has 1 atom stereocenters. The Morgan fingerprint density at radius 1 is 0.895 bits per heavy atom. The fourth-order valence-electron chi connectivity index (χ4n) is 7.86. The number of ether oxygens (including phenoxy) is 1. The number of Topliss-reactive ketones (excluding diaryl/α,β-unsaturated/α-hetero) is 2. The molecule has 38 heavy (non-hydrogen) atoms. The van der Waals surface area contributed by atoms with Crippen LogP contribution >= 0.6 is 0 Å². The lowest BCUT2D eigenvalue weighted by atomic mass is 9.68. The minimum Gasteiger partial charge on any atom is -0.375 e. The lowest BCUT2D eigenvalue weighted by molar-refractivity contribution is -0.136. The number of para-hydroxylation sites is 1. The maximum absolute atomic E-state index is 12.5. The van der Waals surface area contributed by atoms with Crippen LogP contribution in [-0.2, 0) is 26.3 Å². The van der Waals surface area contributed by atoms with Crippen LogP contribution in [-0.4, -0.2) is 48.4 Å². The first kappa shape index (κ1) is 25.7. The maximum atomic E-state index is 12.5. The highest BCUT2D eigenvalue weighted by Crippen LogP contribution is 2.49. The van der Waals surface area contributed by atoms with E-state index in [0.29, 0.717) is 25.7 Å². The van der Waals surface area contributed by atoms with Gasteiger partial charge in [0, 0.05) is 62.1 Å². The Bertz CT molecular complexity index is 1130. The molecule has 2 aliphatic carbocycles. The second-order valence-corrected chi connectivity index (χ2v) is 12.1. The van der Waals surface area contributed by atoms with E-state index in [2.05, 4.69) is 46.6 Å². The molecular weight excluding hydrogens is 474 g/mol. The van der Waals surface area contributed by atoms with Crippen LogP contribution in [0.1, 0.15) is 81.9 Å². The average Bonchev–Trinajstić information content (AvgIpc) is 3.52. The molecule has 6 rings (SSSR count). The normalized spacial score (nSPS) is 26.5. The van der Waals surface area contributed by atoms with Crippen molar-refractivity contribution in [3.05, 3.63) is 59.9 Å². The quantitative estimate of drug-likeness (QED) is 0.407. The number of carbonyl (C=O) groups excluding carboxylic acids is 2. The second-order valence-electron chi connectivity index (χ2n) is 12.1. The third-order valence-electron chi connectivity index (χ3n) is 10.1. The Hall–Kier alpha value is -2.57. The van der Waals surface area contributed by atoms with Crippen molar-refractivity contribution >= 4 is 17.3 Å². The Morgan fingerprint density at radius 2 is 1.63 bits per heavy atom. The number of piperidine rings is 1. The van der Waals surface area contributed by atoms with Gasteiger partial charge < -0.3 is 15.0 Å². The molecule has 2 saturated heterocycles. The van der Waals surface area contributed by atoms with E-state index >= 15 is 0 Å². The molecule has 1 aromatic heterocycles. The van der Waals surface area contributed by atoms with Gasteiger partial charge in [0.1, 0.15) is 11.6 Å². The summed E-state index contributed by atoms with van der Waals surface area (Å²) < 4.78 is 6.41. The number of nitrogens with zero attached hydrogens (tertiary/aromatic N) is 2. The SMILES string of the molecule is O=C1CCC(=O)C12CCN(c1ccccc1CNCCC1(c3ccccn3)CCOC3(CCCC3)C1)CC2. The molecular formula is C32H41N3O3. The number of aromatic nitrogens is 1. The standard InChI is InChI=1S/C32H41N3O3/c36-28-10-11-29(37)32(28)15-20-35(21-16-32)26-8-2-1-7-25(26)23-33-19-14-30(27-9-3-6-18-34-27)17-22-38-31(24-30)12-4-5-13-31/h1-3,6-9,18,33H,4-5,10-17,19-24H2. The van der Waals surface area contributed by atoms with Crippen LogP contribution in [0, 0.1) is 5.41 Å². The molecule has 2 aliphatic heterocycles. The molecule has 0 amide bonds. The first-order valence-electron chi connectivity index (χ1n) is 14.7. The highest BCUT2D eigenvalue weighted by atomic mass is 16.5. The number of nitrogens with one attached hydrogen (secondary N) is 1. The summed E-state index contributed by atoms with van der Waals surface area (Å²) in [7, 11) is 0. The predicted molar refractivity (Wildman–Crippen MR) is 148 cm³/mol. The van der Waals surface area contributed by atoms with Crippen molar-refractivity contribution in [3.8, 4) is 0 Å². The fraction of sp³-hybridized carbons (Fsp3) is 0.594. The highest BCUT2D eigenvalue weighted by Gasteiger charge is 2.51. The molecule has 0 radical (unpaired) electrons. The van der Waals surface area contributed by atoms with Crippen molar-refractivity contribution in [3.63, 3.8) is 0 Å². The van der Waals surface area contributed by atoms with E-state index in [1.165, 1.54) is 42.6 Å². The van der Waals surface area contributed by atoms with Crippen LogP contribution in [0.15, 0.2) is 48.7 Å². The van der Waals surface area contributed by atoms with Crippen molar-refractivity contribution in [2.24, 2.45) is 5.41 Å². The van der Waals surface area contributed by atoms with Gasteiger partial charge in [-0.3, -0.25) is 14.6 Å². The molecule has 6 heteroatoms. The third-order valence-corrected chi connectivity index (χ3v) is 10.1. The van der Waals surface area contributed by atoms with Gasteiger partial charge in [-0.05, 0) is 75.3 Å². The van der Waals surface area contributed by atoms with E-state index in [0.717, 1.165) is 52.0 Å². The predicted octanol–water partition coefficient (Wildman–Crippen LogP) is 5.14. The van der Waals surface area contributed by atoms with Crippen molar-refractivity contribution in [2.75, 3.05) is 31.1 Å². The van der Waals surface area contributed by atoms with Crippen molar-refractivity contribution < 1.29 is 14.3 Å². The largest absolute Gasteiger partial charge is 0.375 e. The summed E-state index contributed by atoms with van der Waals surface area (Å²) in [5.41, 5.74) is 3.12. The van der Waals surface area contributed by atoms with Crippen LogP contribution in [0.5, 0.6) is 0 Å². The molecule has 202 valence electrons. The first-order chi connectivity index (χ1) is 18.5. The van der Waals surface area contributed by atoms with E-state index in [1.54, 1.807) is 0 Å². The van der Waals surface area contributed by atoms with Crippen molar-refractivity contribution in [1.82, 2.24) is 10.3 Å². The van der Waals surface area contributed by atoms with Gasteiger partial charge in [-0.1, -0.05) is 37.1 Å². The Labute approximate surface area is 226 Å². The molecule has 0 bridgehead atoms. The first-order valence-corrected chi connectivity index (χ1v) is 14.7. The van der Waals surface area contributed by atoms with E-state index in [1.807, 2.05) is 12.3 Å². The molecule has 4 aliphatic rings. The van der Waals surface area contributed by atoms with Gasteiger partial charge in [-0.25, -0.2) is 0 Å². The molecule has 2 spiro atoms. The van der Waals surface area contributed by atoms with Gasteiger partial charge >= 0.3 is 0 Å². The summed E-state index contributed by atoms with van der Waals surface area (Å²) in [6.07, 6.45) is 12.2. The maximum Gasteiger partial charge on any atom is 0.146 e. The number of carbonyl (C=O) groups is 2. The molecule has 2 saturated carbocycles. The van der Waals surface area contributed by atoms with Gasteiger partial charge in [0.05, 0.1) is 11.0 Å². The highest BCUT2D eigenvalue weighted by molar-refractivity contribution is 6.13. The lowest BCUT2D eigenvalue weighted by Crippen LogP contribution is -2.47. The van der Waals surface area contributed by atoms with Gasteiger partial charge in [0.25, 0.3) is 0 Å². The topological polar surface area (TPSA) is 71.5 Å². The van der Waals surface area contributed by atoms with E-state index in [4.69, 9.17) is 9.72 Å². The Balaban J connectivity index is 1.11. The summed E-state index contributed by atoms with van der Waals surface area (Å²) in [4.78, 5) is 32.3. The number of ketones is 2. The van der Waals surface area contributed by atoms with Gasteiger partial charge in [-0.2, -0.15) is 0 Å². The van der Waals surface area contributed by atoms with Crippen LogP contribution in [0.4, 0.5) is 5.69 Å². The minimum absolute atomic E-state index is 0.0378. The van der Waals surface area contributed by atoms with Crippen LogP contribution in [0.25, 0.3) is 0 Å². The van der Waals surface area contributed by atoms with Crippen molar-refractivity contribution in [2.45, 2.75) is 88.2 Å². The number of pyridine rings is 1. The molecule has 1 unspecified atom stereocenters. The summed E-state index contributed by atoms with van der Waals surface area (Å²) in [6.45, 7) is 4.07. The average molecular weight is 516 g/mol. The number of hydrogen-bond acceptors (Lipinski definition) is 6. The number of benzene rings is 1. The molecule has 2 aromatic rings. The zero-order valence-electron chi connectivity index (χ0n) is 22.6. The van der Waals surface area contributed by atoms with Crippen molar-refractivity contribution in [1.29, 1.82) is 0 Å². The number of hydrogen-bond donors (Lipinski definition) is 1.